The van der Waals surface area contributed by atoms with Gasteiger partial charge >= 0.3 is 11.9 Å². The number of piperidine rings is 1. The molecule has 2 aromatic rings. The van der Waals surface area contributed by atoms with Crippen molar-refractivity contribution in [3.63, 3.8) is 0 Å². The Hall–Kier alpha value is -2.61. The molecule has 0 radical (unpaired) electrons. The maximum absolute atomic E-state index is 14.1. The van der Waals surface area contributed by atoms with Crippen LogP contribution in [0.3, 0.4) is 0 Å². The third-order valence-corrected chi connectivity index (χ3v) is 10.3. The fraction of sp³-hybridized carbons (Fsp3) is 0.571. The molecule has 2 aliphatic carbocycles. The van der Waals surface area contributed by atoms with Gasteiger partial charge in [0, 0.05) is 44.9 Å². The number of rotatable bonds is 10. The van der Waals surface area contributed by atoms with Crippen LogP contribution in [0.15, 0.2) is 42.5 Å². The molecule has 3 fully saturated rings. The molecule has 0 N–H and O–H groups in total. The van der Waals surface area contributed by atoms with Crippen molar-refractivity contribution < 1.29 is 23.9 Å². The van der Waals surface area contributed by atoms with Crippen molar-refractivity contribution in [2.24, 2.45) is 11.8 Å². The molecule has 238 valence electrons. The Labute approximate surface area is 271 Å². The van der Waals surface area contributed by atoms with E-state index in [4.69, 9.17) is 32.7 Å². The van der Waals surface area contributed by atoms with Crippen LogP contribution in [0.4, 0.5) is 0 Å². The molecule has 7 nitrogen and oxygen atoms in total. The summed E-state index contributed by atoms with van der Waals surface area (Å²) in [6.45, 7) is 10.3. The van der Waals surface area contributed by atoms with Crippen molar-refractivity contribution in [1.82, 2.24) is 9.80 Å². The first-order valence-corrected chi connectivity index (χ1v) is 16.6. The number of ether oxygens (including phenoxy) is 2. The van der Waals surface area contributed by atoms with Crippen molar-refractivity contribution in [2.45, 2.75) is 89.7 Å². The predicted molar refractivity (Wildman–Crippen MR) is 172 cm³/mol. The number of esters is 2. The maximum atomic E-state index is 14.1. The van der Waals surface area contributed by atoms with E-state index in [-0.39, 0.29) is 36.2 Å². The lowest BCUT2D eigenvalue weighted by molar-refractivity contribution is -0.190. The van der Waals surface area contributed by atoms with Crippen molar-refractivity contribution >= 4 is 41.0 Å². The summed E-state index contributed by atoms with van der Waals surface area (Å²) in [6.07, 6.45) is 5.48. The average Bonchev–Trinajstić information content (AvgIpc) is 3.77. The second kappa shape index (κ2) is 13.4. The van der Waals surface area contributed by atoms with Gasteiger partial charge in [0.05, 0.1) is 16.5 Å². The van der Waals surface area contributed by atoms with Gasteiger partial charge in [0.2, 0.25) is 5.91 Å². The molecular formula is C35H44Cl2N2O5. The van der Waals surface area contributed by atoms with Gasteiger partial charge in [-0.1, -0.05) is 55.2 Å². The number of hydrogen-bond donors (Lipinski definition) is 0. The van der Waals surface area contributed by atoms with E-state index in [0.717, 1.165) is 37.1 Å². The summed E-state index contributed by atoms with van der Waals surface area (Å²) in [4.78, 5) is 43.3. The van der Waals surface area contributed by atoms with Gasteiger partial charge in [-0.2, -0.15) is 0 Å². The molecule has 3 atom stereocenters. The minimum Gasteiger partial charge on any atom is -0.457 e. The van der Waals surface area contributed by atoms with Crippen LogP contribution in [0.1, 0.15) is 77.3 Å². The van der Waals surface area contributed by atoms with Crippen molar-refractivity contribution in [2.75, 3.05) is 26.2 Å². The highest BCUT2D eigenvalue weighted by Gasteiger charge is 2.61. The summed E-state index contributed by atoms with van der Waals surface area (Å²) in [6, 6.07) is 13.0. The number of likely N-dealkylation sites (tertiary alicyclic amines) is 1. The Morgan fingerprint density at radius 2 is 1.77 bits per heavy atom. The summed E-state index contributed by atoms with van der Waals surface area (Å²) in [5.74, 6) is 0.794. The molecule has 1 heterocycles. The normalized spacial score (nSPS) is 25.3. The van der Waals surface area contributed by atoms with Crippen LogP contribution in [-0.4, -0.2) is 65.5 Å². The molecular weight excluding hydrogens is 599 g/mol. The minimum atomic E-state index is -0.770. The van der Waals surface area contributed by atoms with E-state index in [0.29, 0.717) is 47.6 Å². The SMILES string of the molecule is CC(=O)Oc1cccc([C@@]23CCN(CC4CC4)C[C@@]2(OC(C)=O)CC[C@@H](N(CC(C)C)C(=O)Cc2ccc(Cl)c(Cl)c2)C3)c1. The molecule has 3 aliphatic rings. The maximum Gasteiger partial charge on any atom is 0.308 e. The molecule has 1 saturated heterocycles. The van der Waals surface area contributed by atoms with Gasteiger partial charge in [0.1, 0.15) is 11.4 Å². The van der Waals surface area contributed by atoms with Gasteiger partial charge < -0.3 is 14.4 Å². The number of halogens is 2. The highest BCUT2D eigenvalue weighted by atomic mass is 35.5. The fourth-order valence-corrected chi connectivity index (χ4v) is 7.87. The number of carbonyl (C=O) groups is 3. The number of benzene rings is 2. The lowest BCUT2D eigenvalue weighted by Crippen LogP contribution is -2.69. The zero-order chi connectivity index (χ0) is 31.6. The van der Waals surface area contributed by atoms with Crippen molar-refractivity contribution in [3.05, 3.63) is 63.6 Å². The topological polar surface area (TPSA) is 76.2 Å². The molecule has 2 aromatic carbocycles. The van der Waals surface area contributed by atoms with E-state index >= 15 is 0 Å². The lowest BCUT2D eigenvalue weighted by Gasteiger charge is -2.60. The minimum absolute atomic E-state index is 0.0389. The van der Waals surface area contributed by atoms with E-state index in [9.17, 15) is 14.4 Å². The average molecular weight is 644 g/mol. The first-order chi connectivity index (χ1) is 20.9. The van der Waals surface area contributed by atoms with Crippen LogP contribution in [0.25, 0.3) is 0 Å². The number of nitrogens with zero attached hydrogens (tertiary/aromatic N) is 2. The predicted octanol–water partition coefficient (Wildman–Crippen LogP) is 6.85. The first kappa shape index (κ1) is 32.8. The lowest BCUT2D eigenvalue weighted by atomic mass is 9.54. The van der Waals surface area contributed by atoms with E-state index < -0.39 is 11.0 Å². The zero-order valence-corrected chi connectivity index (χ0v) is 27.8. The summed E-state index contributed by atoms with van der Waals surface area (Å²) < 4.78 is 12.0. The van der Waals surface area contributed by atoms with Gasteiger partial charge in [-0.3, -0.25) is 19.3 Å². The van der Waals surface area contributed by atoms with E-state index in [1.54, 1.807) is 18.2 Å². The monoisotopic (exact) mass is 642 g/mol. The van der Waals surface area contributed by atoms with Crippen LogP contribution >= 0.6 is 23.2 Å². The van der Waals surface area contributed by atoms with Gasteiger partial charge in [-0.15, -0.1) is 0 Å². The number of carbonyl (C=O) groups excluding carboxylic acids is 3. The largest absolute Gasteiger partial charge is 0.457 e. The van der Waals surface area contributed by atoms with Crippen LogP contribution in [-0.2, 0) is 31.0 Å². The fourth-order valence-electron chi connectivity index (χ4n) is 7.54. The Bertz CT molecular complexity index is 1390. The zero-order valence-electron chi connectivity index (χ0n) is 26.2. The van der Waals surface area contributed by atoms with Gasteiger partial charge in [-0.25, -0.2) is 0 Å². The second-order valence-corrected chi connectivity index (χ2v) is 14.3. The smallest absolute Gasteiger partial charge is 0.308 e. The molecule has 5 rings (SSSR count). The molecule has 0 spiro atoms. The molecule has 1 aliphatic heterocycles. The van der Waals surface area contributed by atoms with Crippen LogP contribution < -0.4 is 4.74 Å². The molecule has 0 unspecified atom stereocenters. The summed E-state index contributed by atoms with van der Waals surface area (Å²) >= 11 is 12.4. The summed E-state index contributed by atoms with van der Waals surface area (Å²) in [5, 5.41) is 0.891. The molecule has 0 bridgehead atoms. The van der Waals surface area contributed by atoms with E-state index in [1.807, 2.05) is 23.1 Å². The standard InChI is InChI=1S/C35H44Cl2N2O5/c1-23(2)20-39(33(42)17-27-10-11-31(36)32(37)16-27)29-12-13-35(44-25(4)41)22-38(21-26-8-9-26)15-14-34(35,19-29)28-6-5-7-30(18-28)43-24(3)40/h5-7,10-11,16,18,23,26,29H,8-9,12-15,17,19-22H2,1-4H3/t29-,34+,35+/m1/s1. The van der Waals surface area contributed by atoms with Crippen molar-refractivity contribution in [3.8, 4) is 5.75 Å². The number of amides is 1. The van der Waals surface area contributed by atoms with Gasteiger partial charge in [0.15, 0.2) is 0 Å². The van der Waals surface area contributed by atoms with Crippen molar-refractivity contribution in [1.29, 1.82) is 0 Å². The highest BCUT2D eigenvalue weighted by Crippen LogP contribution is 2.55. The third kappa shape index (κ3) is 7.27. The Morgan fingerprint density at radius 3 is 2.43 bits per heavy atom. The molecule has 9 heteroatoms. The highest BCUT2D eigenvalue weighted by molar-refractivity contribution is 6.42. The van der Waals surface area contributed by atoms with E-state index in [2.05, 4.69) is 24.8 Å². The van der Waals surface area contributed by atoms with Gasteiger partial charge in [-0.05, 0) is 92.3 Å². The Balaban J connectivity index is 1.54. The molecule has 2 saturated carbocycles. The number of hydrogen-bond acceptors (Lipinski definition) is 6. The third-order valence-electron chi connectivity index (χ3n) is 9.53. The van der Waals surface area contributed by atoms with Crippen LogP contribution in [0.2, 0.25) is 10.0 Å². The van der Waals surface area contributed by atoms with E-state index in [1.165, 1.54) is 26.7 Å². The molecule has 0 aromatic heterocycles. The summed E-state index contributed by atoms with van der Waals surface area (Å²) in [5.41, 5.74) is 0.458. The summed E-state index contributed by atoms with van der Waals surface area (Å²) in [7, 11) is 0. The van der Waals surface area contributed by atoms with Crippen LogP contribution in [0.5, 0.6) is 5.75 Å². The van der Waals surface area contributed by atoms with Crippen LogP contribution in [0, 0.1) is 11.8 Å². The van der Waals surface area contributed by atoms with Gasteiger partial charge in [0.25, 0.3) is 0 Å². The second-order valence-electron chi connectivity index (χ2n) is 13.5. The Morgan fingerprint density at radius 1 is 1.00 bits per heavy atom. The molecule has 44 heavy (non-hydrogen) atoms. The first-order valence-electron chi connectivity index (χ1n) is 15.8. The number of fused-ring (bicyclic) bond motifs is 1. The molecule has 1 amide bonds. The quantitative estimate of drug-likeness (QED) is 0.208. The Kier molecular flexibility index (Phi) is 9.98.